The van der Waals surface area contributed by atoms with Gasteiger partial charge in [0, 0.05) is 30.3 Å². The summed E-state index contributed by atoms with van der Waals surface area (Å²) in [5, 5.41) is 12.6. The summed E-state index contributed by atoms with van der Waals surface area (Å²) >= 11 is 0. The van der Waals surface area contributed by atoms with Crippen LogP contribution in [0.5, 0.6) is 5.75 Å². The van der Waals surface area contributed by atoms with Crippen molar-refractivity contribution in [3.63, 3.8) is 0 Å². The number of rotatable bonds is 3. The van der Waals surface area contributed by atoms with Crippen LogP contribution in [0.3, 0.4) is 0 Å². The molecule has 7 atom stereocenters. The summed E-state index contributed by atoms with van der Waals surface area (Å²) in [5.74, 6) is 1.09. The Labute approximate surface area is 164 Å². The zero-order valence-electron chi connectivity index (χ0n) is 16.7. The summed E-state index contributed by atoms with van der Waals surface area (Å²) in [6, 6.07) is 5.71. The molecule has 5 aliphatic rings. The molecule has 0 aromatic heterocycles. The maximum Gasteiger partial charge on any atom is 0.315 e. The molecule has 4 bridgehead atoms. The Balaban J connectivity index is 1.75. The molecule has 1 aromatic rings. The molecule has 4 aliphatic heterocycles. The molecular formula is C22H28N2O4. The Morgan fingerprint density at radius 3 is 2.93 bits per heavy atom. The molecular weight excluding hydrogens is 356 g/mol. The lowest BCUT2D eigenvalue weighted by Gasteiger charge is -2.59. The zero-order chi connectivity index (χ0) is 19.6. The van der Waals surface area contributed by atoms with Crippen LogP contribution < -0.4 is 15.3 Å². The minimum absolute atomic E-state index is 0.0348. The smallest absolute Gasteiger partial charge is 0.315 e. The van der Waals surface area contributed by atoms with Gasteiger partial charge < -0.3 is 14.6 Å². The fraction of sp³-hybridized carbons (Fsp3) is 0.636. The average molecular weight is 384 g/mol. The fourth-order valence-corrected chi connectivity index (χ4v) is 6.57. The maximum absolute atomic E-state index is 13.4. The normalized spacial score (nSPS) is 38.7. The van der Waals surface area contributed by atoms with Crippen molar-refractivity contribution in [3.05, 3.63) is 28.8 Å². The Morgan fingerprint density at radius 2 is 2.21 bits per heavy atom. The maximum atomic E-state index is 13.4. The third kappa shape index (κ3) is 2.28. The SMILES string of the molecule is COC(=O)C12CC3CC(C(C)O)C1N(CCC1=c4cc(OC)ccc4=NC12)C3. The molecule has 4 fully saturated rings. The molecule has 6 nitrogen and oxygen atoms in total. The van der Waals surface area contributed by atoms with Crippen LogP contribution in [-0.4, -0.2) is 61.5 Å². The van der Waals surface area contributed by atoms with E-state index in [0.29, 0.717) is 5.92 Å². The van der Waals surface area contributed by atoms with Crippen molar-refractivity contribution in [1.29, 1.82) is 0 Å². The van der Waals surface area contributed by atoms with Crippen molar-refractivity contribution in [2.24, 2.45) is 22.2 Å². The third-order valence-corrected chi connectivity index (χ3v) is 7.54. The molecule has 3 saturated heterocycles. The number of fused-ring (bicyclic) bond motifs is 3. The predicted molar refractivity (Wildman–Crippen MR) is 103 cm³/mol. The average Bonchev–Trinajstić information content (AvgIpc) is 3.04. The quantitative estimate of drug-likeness (QED) is 0.769. The van der Waals surface area contributed by atoms with Gasteiger partial charge in [0.2, 0.25) is 0 Å². The van der Waals surface area contributed by atoms with Gasteiger partial charge in [0.25, 0.3) is 0 Å². The molecule has 150 valence electrons. The van der Waals surface area contributed by atoms with Gasteiger partial charge in [-0.2, -0.15) is 0 Å². The first-order valence-corrected chi connectivity index (χ1v) is 10.2. The van der Waals surface area contributed by atoms with Crippen molar-refractivity contribution < 1.29 is 19.4 Å². The summed E-state index contributed by atoms with van der Waals surface area (Å²) in [6.45, 7) is 3.75. The second-order valence-electron chi connectivity index (χ2n) is 8.87. The van der Waals surface area contributed by atoms with Gasteiger partial charge in [-0.05, 0) is 55.9 Å². The van der Waals surface area contributed by atoms with E-state index in [1.807, 2.05) is 25.1 Å². The fourth-order valence-electron chi connectivity index (χ4n) is 6.57. The van der Waals surface area contributed by atoms with Crippen molar-refractivity contribution in [3.8, 4) is 5.75 Å². The minimum atomic E-state index is -0.727. The first-order chi connectivity index (χ1) is 13.5. The van der Waals surface area contributed by atoms with E-state index < -0.39 is 11.5 Å². The molecule has 1 N–H and O–H groups in total. The summed E-state index contributed by atoms with van der Waals surface area (Å²) in [4.78, 5) is 20.9. The van der Waals surface area contributed by atoms with Crippen molar-refractivity contribution >= 4 is 11.5 Å². The van der Waals surface area contributed by atoms with Crippen molar-refractivity contribution in [2.75, 3.05) is 27.3 Å². The number of carbonyl (C=O) groups is 1. The summed E-state index contributed by atoms with van der Waals surface area (Å²) in [5.41, 5.74) is 0.494. The minimum Gasteiger partial charge on any atom is -0.497 e. The highest BCUT2D eigenvalue weighted by atomic mass is 16.5. The van der Waals surface area contributed by atoms with Gasteiger partial charge in [0.05, 0.1) is 31.7 Å². The van der Waals surface area contributed by atoms with E-state index in [1.165, 1.54) is 12.7 Å². The Kier molecular flexibility index (Phi) is 4.07. The lowest BCUT2D eigenvalue weighted by Crippen LogP contribution is -2.69. The largest absolute Gasteiger partial charge is 0.497 e. The highest BCUT2D eigenvalue weighted by Gasteiger charge is 2.66. The molecule has 28 heavy (non-hydrogen) atoms. The number of methoxy groups -OCH3 is 2. The molecule has 1 aliphatic carbocycles. The van der Waals surface area contributed by atoms with Crippen LogP contribution >= 0.6 is 0 Å². The highest BCUT2D eigenvalue weighted by molar-refractivity contribution is 5.83. The molecule has 7 unspecified atom stereocenters. The molecule has 0 amide bonds. The number of carbonyl (C=O) groups excluding carboxylic acids is 1. The molecule has 4 heterocycles. The second-order valence-corrected chi connectivity index (χ2v) is 8.87. The van der Waals surface area contributed by atoms with Gasteiger partial charge in [-0.25, -0.2) is 0 Å². The summed E-state index contributed by atoms with van der Waals surface area (Å²) in [7, 11) is 3.15. The summed E-state index contributed by atoms with van der Waals surface area (Å²) < 4.78 is 10.8. The van der Waals surface area contributed by atoms with Crippen LogP contribution in [0.1, 0.15) is 26.2 Å². The summed E-state index contributed by atoms with van der Waals surface area (Å²) in [6.07, 6.45) is 2.18. The van der Waals surface area contributed by atoms with Crippen molar-refractivity contribution in [1.82, 2.24) is 4.90 Å². The number of ether oxygens (including phenoxy) is 2. The van der Waals surface area contributed by atoms with Crippen LogP contribution in [0.25, 0.3) is 5.57 Å². The van der Waals surface area contributed by atoms with Gasteiger partial charge >= 0.3 is 5.97 Å². The number of hydrogen-bond donors (Lipinski definition) is 1. The van der Waals surface area contributed by atoms with E-state index in [4.69, 9.17) is 14.5 Å². The number of aliphatic hydroxyl groups excluding tert-OH is 1. The van der Waals surface area contributed by atoms with Crippen LogP contribution in [-0.2, 0) is 9.53 Å². The molecule has 0 spiro atoms. The van der Waals surface area contributed by atoms with E-state index in [2.05, 4.69) is 4.90 Å². The third-order valence-electron chi connectivity index (χ3n) is 7.54. The molecule has 6 heteroatoms. The van der Waals surface area contributed by atoms with Crippen LogP contribution in [0.15, 0.2) is 23.2 Å². The number of piperidine rings is 2. The number of hydrogen-bond acceptors (Lipinski definition) is 6. The van der Waals surface area contributed by atoms with Gasteiger partial charge in [-0.1, -0.05) is 0 Å². The van der Waals surface area contributed by atoms with E-state index in [0.717, 1.165) is 48.7 Å². The van der Waals surface area contributed by atoms with E-state index in [9.17, 15) is 9.90 Å². The Morgan fingerprint density at radius 1 is 1.39 bits per heavy atom. The molecule has 1 aromatic carbocycles. The number of esters is 1. The standard InChI is InChI=1S/C22H28N2O4/c1-12(25)16-8-13-10-22(21(26)28-3)19-15(6-7-24(11-13)20(16)22)17-9-14(27-2)4-5-18(17)23-19/h4-5,9,12-13,16,19-20,25H,6-8,10-11H2,1-3H3. The Bertz CT molecular complexity index is 942. The second kappa shape index (κ2) is 6.29. The lowest BCUT2D eigenvalue weighted by molar-refractivity contribution is -0.180. The van der Waals surface area contributed by atoms with Crippen LogP contribution in [0.4, 0.5) is 0 Å². The van der Waals surface area contributed by atoms with Crippen LogP contribution in [0, 0.1) is 17.3 Å². The number of aliphatic hydroxyl groups is 1. The first-order valence-electron chi connectivity index (χ1n) is 10.2. The van der Waals surface area contributed by atoms with Gasteiger partial charge in [0.1, 0.15) is 11.2 Å². The van der Waals surface area contributed by atoms with E-state index >= 15 is 0 Å². The predicted octanol–water partition coefficient (Wildman–Crippen LogP) is 0.502. The zero-order valence-corrected chi connectivity index (χ0v) is 16.7. The molecule has 1 saturated carbocycles. The van der Waals surface area contributed by atoms with Crippen molar-refractivity contribution in [2.45, 2.75) is 44.4 Å². The van der Waals surface area contributed by atoms with E-state index in [1.54, 1.807) is 7.11 Å². The molecule has 6 rings (SSSR count). The van der Waals surface area contributed by atoms with Gasteiger partial charge in [-0.15, -0.1) is 0 Å². The highest BCUT2D eigenvalue weighted by Crippen LogP contribution is 2.57. The van der Waals surface area contributed by atoms with Crippen LogP contribution in [0.2, 0.25) is 0 Å². The first kappa shape index (κ1) is 18.1. The van der Waals surface area contributed by atoms with E-state index in [-0.39, 0.29) is 24.0 Å². The monoisotopic (exact) mass is 384 g/mol. The number of nitrogens with zero attached hydrogens (tertiary/aromatic N) is 2. The van der Waals surface area contributed by atoms with Gasteiger partial charge in [0.15, 0.2) is 0 Å². The number of benzene rings is 1. The molecule has 0 radical (unpaired) electrons. The Hall–Kier alpha value is -1.92. The lowest BCUT2D eigenvalue weighted by atomic mass is 9.54. The van der Waals surface area contributed by atoms with Gasteiger partial charge in [-0.3, -0.25) is 14.7 Å². The topological polar surface area (TPSA) is 71.4 Å².